The Bertz CT molecular complexity index is 433. The maximum absolute atomic E-state index is 11.9. The molecule has 0 radical (unpaired) electrons. The van der Waals surface area contributed by atoms with Crippen LogP contribution in [-0.4, -0.2) is 27.5 Å². The second-order valence-electron chi connectivity index (χ2n) is 4.47. The molecule has 6 nitrogen and oxygen atoms in total. The van der Waals surface area contributed by atoms with Crippen molar-refractivity contribution in [3.63, 3.8) is 0 Å². The summed E-state index contributed by atoms with van der Waals surface area (Å²) in [6.07, 6.45) is 2.52. The number of hydrogen-bond donors (Lipinski definition) is 1. The standard InChI is InChI=1S/C10H16N4O2/c15-10-13-4-3-11-5-9(13)12-14(10)7-16-6-8-1-2-8/h8,11H,1-7H2. The summed E-state index contributed by atoms with van der Waals surface area (Å²) in [5.41, 5.74) is -0.0488. The van der Waals surface area contributed by atoms with E-state index in [0.717, 1.165) is 24.9 Å². The summed E-state index contributed by atoms with van der Waals surface area (Å²) >= 11 is 0. The average molecular weight is 224 g/mol. The van der Waals surface area contributed by atoms with E-state index in [9.17, 15) is 4.79 Å². The predicted octanol–water partition coefficient (Wildman–Crippen LogP) is -0.468. The van der Waals surface area contributed by atoms with Crippen molar-refractivity contribution in [3.05, 3.63) is 16.3 Å². The van der Waals surface area contributed by atoms with Crippen LogP contribution in [0.25, 0.3) is 0 Å². The Labute approximate surface area is 93.2 Å². The zero-order chi connectivity index (χ0) is 11.0. The number of hydrogen-bond acceptors (Lipinski definition) is 4. The van der Waals surface area contributed by atoms with E-state index in [1.54, 1.807) is 4.57 Å². The van der Waals surface area contributed by atoms with Crippen LogP contribution < -0.4 is 11.0 Å². The molecule has 0 atom stereocenters. The summed E-state index contributed by atoms with van der Waals surface area (Å²) in [6, 6.07) is 0. The van der Waals surface area contributed by atoms with Crippen LogP contribution in [0.2, 0.25) is 0 Å². The van der Waals surface area contributed by atoms with Crippen LogP contribution in [-0.2, 0) is 24.6 Å². The lowest BCUT2D eigenvalue weighted by Crippen LogP contribution is -2.34. The highest BCUT2D eigenvalue weighted by Gasteiger charge is 2.22. The molecule has 0 spiro atoms. The van der Waals surface area contributed by atoms with Gasteiger partial charge in [0.25, 0.3) is 0 Å². The number of nitrogens with one attached hydrogen (secondary N) is 1. The van der Waals surface area contributed by atoms with Crippen LogP contribution in [0.15, 0.2) is 4.79 Å². The van der Waals surface area contributed by atoms with E-state index in [1.807, 2.05) is 0 Å². The largest absolute Gasteiger partial charge is 0.359 e. The van der Waals surface area contributed by atoms with Gasteiger partial charge in [0.15, 0.2) is 0 Å². The van der Waals surface area contributed by atoms with Crippen molar-refractivity contribution in [2.75, 3.05) is 13.2 Å². The van der Waals surface area contributed by atoms with Gasteiger partial charge in [0.05, 0.1) is 13.2 Å². The maximum atomic E-state index is 11.9. The van der Waals surface area contributed by atoms with E-state index < -0.39 is 0 Å². The molecular weight excluding hydrogens is 208 g/mol. The first kappa shape index (κ1) is 10.0. The van der Waals surface area contributed by atoms with E-state index in [-0.39, 0.29) is 12.4 Å². The lowest BCUT2D eigenvalue weighted by molar-refractivity contribution is 0.0583. The van der Waals surface area contributed by atoms with Crippen LogP contribution in [0.3, 0.4) is 0 Å². The van der Waals surface area contributed by atoms with Gasteiger partial charge in [-0.25, -0.2) is 4.79 Å². The molecule has 0 bridgehead atoms. The van der Waals surface area contributed by atoms with Crippen LogP contribution >= 0.6 is 0 Å². The molecule has 0 unspecified atom stereocenters. The smallest absolute Gasteiger partial charge is 0.348 e. The number of fused-ring (bicyclic) bond motifs is 1. The van der Waals surface area contributed by atoms with Crippen LogP contribution in [0.4, 0.5) is 0 Å². The fourth-order valence-electron chi connectivity index (χ4n) is 1.91. The molecule has 1 saturated carbocycles. The summed E-state index contributed by atoms with van der Waals surface area (Å²) in [6.45, 7) is 3.26. The normalized spacial score (nSPS) is 19.8. The summed E-state index contributed by atoms with van der Waals surface area (Å²) in [5.74, 6) is 1.53. The van der Waals surface area contributed by atoms with Gasteiger partial charge >= 0.3 is 5.69 Å². The van der Waals surface area contributed by atoms with Gasteiger partial charge in [-0.1, -0.05) is 0 Å². The van der Waals surface area contributed by atoms with Gasteiger partial charge in [0, 0.05) is 13.1 Å². The Morgan fingerprint density at radius 1 is 1.50 bits per heavy atom. The molecule has 16 heavy (non-hydrogen) atoms. The molecule has 0 aromatic carbocycles. The topological polar surface area (TPSA) is 61.1 Å². The number of nitrogens with zero attached hydrogens (tertiary/aromatic N) is 3. The van der Waals surface area contributed by atoms with E-state index in [4.69, 9.17) is 4.74 Å². The molecule has 1 aliphatic carbocycles. The van der Waals surface area contributed by atoms with Crippen LogP contribution in [0.1, 0.15) is 18.7 Å². The number of aromatic nitrogens is 3. The van der Waals surface area contributed by atoms with Gasteiger partial charge in [-0.05, 0) is 18.8 Å². The summed E-state index contributed by atoms with van der Waals surface area (Å²) in [7, 11) is 0. The Kier molecular flexibility index (Phi) is 2.53. The Hall–Kier alpha value is -1.14. The summed E-state index contributed by atoms with van der Waals surface area (Å²) < 4.78 is 8.61. The Morgan fingerprint density at radius 3 is 3.12 bits per heavy atom. The Balaban J connectivity index is 1.68. The first-order valence-corrected chi connectivity index (χ1v) is 5.79. The third kappa shape index (κ3) is 1.90. The van der Waals surface area contributed by atoms with Crippen LogP contribution in [0.5, 0.6) is 0 Å². The third-order valence-corrected chi connectivity index (χ3v) is 3.06. The van der Waals surface area contributed by atoms with Gasteiger partial charge in [0.1, 0.15) is 12.6 Å². The quantitative estimate of drug-likeness (QED) is 0.751. The first-order valence-electron chi connectivity index (χ1n) is 5.79. The predicted molar refractivity (Wildman–Crippen MR) is 56.9 cm³/mol. The van der Waals surface area contributed by atoms with E-state index >= 15 is 0 Å². The van der Waals surface area contributed by atoms with Crippen molar-refractivity contribution in [1.29, 1.82) is 0 Å². The molecule has 6 heteroatoms. The molecule has 0 amide bonds. The van der Waals surface area contributed by atoms with Crippen molar-refractivity contribution in [2.45, 2.75) is 32.7 Å². The zero-order valence-corrected chi connectivity index (χ0v) is 9.19. The minimum Gasteiger partial charge on any atom is -0.359 e. The highest BCUT2D eigenvalue weighted by molar-refractivity contribution is 4.90. The number of rotatable bonds is 4. The minimum absolute atomic E-state index is 0.0488. The highest BCUT2D eigenvalue weighted by Crippen LogP contribution is 2.28. The van der Waals surface area contributed by atoms with Crippen molar-refractivity contribution in [3.8, 4) is 0 Å². The molecule has 1 aromatic rings. The number of ether oxygens (including phenoxy) is 1. The van der Waals surface area contributed by atoms with Crippen molar-refractivity contribution in [1.82, 2.24) is 19.7 Å². The van der Waals surface area contributed by atoms with Gasteiger partial charge in [0.2, 0.25) is 0 Å². The van der Waals surface area contributed by atoms with Crippen molar-refractivity contribution >= 4 is 0 Å². The van der Waals surface area contributed by atoms with E-state index in [1.165, 1.54) is 17.5 Å². The molecular formula is C10H16N4O2. The van der Waals surface area contributed by atoms with Gasteiger partial charge in [-0.15, -0.1) is 0 Å². The van der Waals surface area contributed by atoms with Crippen LogP contribution in [0, 0.1) is 5.92 Å². The molecule has 2 aliphatic rings. The Morgan fingerprint density at radius 2 is 2.38 bits per heavy atom. The molecule has 1 aromatic heterocycles. The molecule has 2 heterocycles. The maximum Gasteiger partial charge on any atom is 0.348 e. The SMILES string of the molecule is O=c1n(COCC2CC2)nc2n1CCNC2. The van der Waals surface area contributed by atoms with Gasteiger partial charge in [-0.2, -0.15) is 9.78 Å². The fraction of sp³-hybridized carbons (Fsp3) is 0.800. The zero-order valence-electron chi connectivity index (χ0n) is 9.19. The molecule has 3 rings (SSSR count). The van der Waals surface area contributed by atoms with Gasteiger partial charge < -0.3 is 10.1 Å². The van der Waals surface area contributed by atoms with Crippen molar-refractivity contribution < 1.29 is 4.74 Å². The van der Waals surface area contributed by atoms with E-state index in [2.05, 4.69) is 10.4 Å². The lowest BCUT2D eigenvalue weighted by atomic mass is 10.4. The second-order valence-corrected chi connectivity index (χ2v) is 4.47. The van der Waals surface area contributed by atoms with Gasteiger partial charge in [-0.3, -0.25) is 4.57 Å². The minimum atomic E-state index is -0.0488. The van der Waals surface area contributed by atoms with Crippen molar-refractivity contribution in [2.24, 2.45) is 5.92 Å². The molecule has 1 aliphatic heterocycles. The molecule has 0 saturated heterocycles. The average Bonchev–Trinajstić information content (AvgIpc) is 3.06. The third-order valence-electron chi connectivity index (χ3n) is 3.06. The monoisotopic (exact) mass is 224 g/mol. The summed E-state index contributed by atoms with van der Waals surface area (Å²) in [4.78, 5) is 11.9. The first-order chi connectivity index (χ1) is 7.84. The second kappa shape index (κ2) is 4.03. The lowest BCUT2D eigenvalue weighted by Gasteiger charge is -2.11. The fourth-order valence-corrected chi connectivity index (χ4v) is 1.91. The molecule has 88 valence electrons. The highest BCUT2D eigenvalue weighted by atomic mass is 16.5. The summed E-state index contributed by atoms with van der Waals surface area (Å²) in [5, 5.41) is 7.44. The molecule has 1 N–H and O–H groups in total. The molecule has 1 fully saturated rings. The van der Waals surface area contributed by atoms with E-state index in [0.29, 0.717) is 13.1 Å².